The number of methoxy groups -OCH3 is 1. The summed E-state index contributed by atoms with van der Waals surface area (Å²) in [5, 5.41) is 0. The largest absolute Gasteiger partial charge is 0.466 e. The lowest BCUT2D eigenvalue weighted by atomic mass is 9.47. The van der Waals surface area contributed by atoms with Crippen LogP contribution in [0.25, 0.3) is 0 Å². The molecule has 4 rings (SSSR count). The van der Waals surface area contributed by atoms with Crippen molar-refractivity contribution < 1.29 is 19.1 Å². The molecule has 3 unspecified atom stereocenters. The van der Waals surface area contributed by atoms with Gasteiger partial charge in [-0.25, -0.2) is 4.79 Å². The maximum absolute atomic E-state index is 11.8. The van der Waals surface area contributed by atoms with Crippen LogP contribution in [0.2, 0.25) is 0 Å². The van der Waals surface area contributed by atoms with Gasteiger partial charge in [-0.05, 0) is 98.7 Å². The molecule has 4 heteroatoms. The van der Waals surface area contributed by atoms with Crippen LogP contribution in [-0.2, 0) is 19.1 Å². The third-order valence-corrected chi connectivity index (χ3v) is 10.5. The average Bonchev–Trinajstić information content (AvgIpc) is 3.13. The highest BCUT2D eigenvalue weighted by Gasteiger charge is 2.59. The maximum Gasteiger partial charge on any atom is 0.333 e. The molecule has 0 aliphatic heterocycles. The second-order valence-electron chi connectivity index (χ2n) is 12.1. The van der Waals surface area contributed by atoms with E-state index in [1.54, 1.807) is 5.57 Å². The Morgan fingerprint density at radius 1 is 1.12 bits per heavy atom. The predicted octanol–water partition coefficient (Wildman–Crippen LogP) is 6.64. The van der Waals surface area contributed by atoms with Gasteiger partial charge in [0.2, 0.25) is 0 Å². The van der Waals surface area contributed by atoms with Crippen LogP contribution in [0.5, 0.6) is 0 Å². The number of carbonyl (C=O) groups excluding carboxylic acids is 2. The Hall–Kier alpha value is -1.58. The number of hydrogen-bond acceptors (Lipinski definition) is 4. The molecule has 0 aromatic heterocycles. The van der Waals surface area contributed by atoms with Gasteiger partial charge in [-0.3, -0.25) is 4.79 Å². The Morgan fingerprint density at radius 3 is 2.58 bits per heavy atom. The van der Waals surface area contributed by atoms with Crippen LogP contribution < -0.4 is 0 Å². The standard InChI is InChI=1S/C29H44O4/c1-18(7-8-19(2)27(31)32-6)24-11-12-25-23-10-9-21-17-22(33-20(3)30)13-15-28(21,4)26(23)14-16-29(24,25)5/h8-9,18,22-26H,7,10-17H2,1-6H3/b19-8+/t18-,22+,23?,24-,25?,26?,28+,29-/m1/s1. The third-order valence-electron chi connectivity index (χ3n) is 10.5. The second-order valence-corrected chi connectivity index (χ2v) is 12.1. The van der Waals surface area contributed by atoms with Gasteiger partial charge in [-0.15, -0.1) is 0 Å². The summed E-state index contributed by atoms with van der Waals surface area (Å²) >= 11 is 0. The first kappa shape index (κ1) is 24.5. The molecule has 0 saturated heterocycles. The lowest BCUT2D eigenvalue weighted by molar-refractivity contribution is -0.148. The highest BCUT2D eigenvalue weighted by Crippen LogP contribution is 2.67. The van der Waals surface area contributed by atoms with Gasteiger partial charge in [0.25, 0.3) is 0 Å². The number of fused-ring (bicyclic) bond motifs is 5. The number of allylic oxidation sites excluding steroid dienone is 2. The predicted molar refractivity (Wildman–Crippen MR) is 130 cm³/mol. The van der Waals surface area contributed by atoms with Crippen LogP contribution >= 0.6 is 0 Å². The summed E-state index contributed by atoms with van der Waals surface area (Å²) in [4.78, 5) is 23.3. The molecule has 0 spiro atoms. The van der Waals surface area contributed by atoms with Crippen molar-refractivity contribution in [3.8, 4) is 0 Å². The van der Waals surface area contributed by atoms with Crippen molar-refractivity contribution in [2.45, 2.75) is 98.5 Å². The quantitative estimate of drug-likeness (QED) is 0.264. The monoisotopic (exact) mass is 456 g/mol. The molecule has 33 heavy (non-hydrogen) atoms. The number of carbonyl (C=O) groups is 2. The molecule has 184 valence electrons. The molecule has 0 heterocycles. The van der Waals surface area contributed by atoms with Gasteiger partial charge >= 0.3 is 11.9 Å². The molecule has 0 radical (unpaired) electrons. The van der Waals surface area contributed by atoms with E-state index < -0.39 is 0 Å². The van der Waals surface area contributed by atoms with Crippen LogP contribution in [-0.4, -0.2) is 25.2 Å². The number of esters is 2. The molecule has 0 N–H and O–H groups in total. The fourth-order valence-corrected chi connectivity index (χ4v) is 8.71. The van der Waals surface area contributed by atoms with Crippen molar-refractivity contribution in [1.29, 1.82) is 0 Å². The van der Waals surface area contributed by atoms with Gasteiger partial charge in [0.15, 0.2) is 0 Å². The zero-order chi connectivity index (χ0) is 24.0. The summed E-state index contributed by atoms with van der Waals surface area (Å²) in [5.74, 6) is 3.31. The smallest absolute Gasteiger partial charge is 0.333 e. The minimum atomic E-state index is -0.209. The van der Waals surface area contributed by atoms with Gasteiger partial charge in [-0.2, -0.15) is 0 Å². The summed E-state index contributed by atoms with van der Waals surface area (Å²) in [7, 11) is 1.46. The molecule has 0 aromatic rings. The van der Waals surface area contributed by atoms with Crippen molar-refractivity contribution in [3.05, 3.63) is 23.3 Å². The van der Waals surface area contributed by atoms with E-state index in [9.17, 15) is 9.59 Å². The molecule has 8 atom stereocenters. The zero-order valence-electron chi connectivity index (χ0n) is 21.6. The molecule has 3 saturated carbocycles. The fraction of sp³-hybridized carbons (Fsp3) is 0.793. The van der Waals surface area contributed by atoms with E-state index in [-0.39, 0.29) is 23.5 Å². The zero-order valence-corrected chi connectivity index (χ0v) is 21.6. The molecule has 4 aliphatic carbocycles. The molecular weight excluding hydrogens is 412 g/mol. The summed E-state index contributed by atoms with van der Waals surface area (Å²) < 4.78 is 10.5. The Morgan fingerprint density at radius 2 is 1.88 bits per heavy atom. The first-order chi connectivity index (χ1) is 15.6. The van der Waals surface area contributed by atoms with Gasteiger partial charge in [-0.1, -0.05) is 38.5 Å². The summed E-state index contributed by atoms with van der Waals surface area (Å²) in [5.41, 5.74) is 2.99. The summed E-state index contributed by atoms with van der Waals surface area (Å²) in [6, 6.07) is 0. The second kappa shape index (κ2) is 9.23. The lowest BCUT2D eigenvalue weighted by Crippen LogP contribution is -2.51. The molecule has 3 fully saturated rings. The van der Waals surface area contributed by atoms with Gasteiger partial charge in [0.1, 0.15) is 6.10 Å². The molecule has 0 bridgehead atoms. The van der Waals surface area contributed by atoms with Crippen molar-refractivity contribution in [2.75, 3.05) is 7.11 Å². The molecule has 4 aliphatic rings. The number of rotatable bonds is 5. The van der Waals surface area contributed by atoms with E-state index in [2.05, 4.69) is 32.9 Å². The Balaban J connectivity index is 1.48. The Labute approximate surface area is 200 Å². The van der Waals surface area contributed by atoms with Crippen molar-refractivity contribution >= 4 is 11.9 Å². The minimum absolute atomic E-state index is 0.0745. The highest BCUT2D eigenvalue weighted by molar-refractivity contribution is 5.87. The van der Waals surface area contributed by atoms with E-state index in [4.69, 9.17) is 9.47 Å². The van der Waals surface area contributed by atoms with Crippen molar-refractivity contribution in [3.63, 3.8) is 0 Å². The molecular formula is C29H44O4. The van der Waals surface area contributed by atoms with E-state index >= 15 is 0 Å². The van der Waals surface area contributed by atoms with Gasteiger partial charge in [0.05, 0.1) is 7.11 Å². The first-order valence-electron chi connectivity index (χ1n) is 13.2. The van der Waals surface area contributed by atoms with Crippen LogP contribution in [0.1, 0.15) is 92.4 Å². The minimum Gasteiger partial charge on any atom is -0.466 e. The van der Waals surface area contributed by atoms with Crippen LogP contribution in [0.3, 0.4) is 0 Å². The van der Waals surface area contributed by atoms with E-state index in [1.807, 2.05) is 6.92 Å². The third kappa shape index (κ3) is 4.32. The first-order valence-corrected chi connectivity index (χ1v) is 13.2. The average molecular weight is 457 g/mol. The van der Waals surface area contributed by atoms with E-state index in [0.717, 1.165) is 54.9 Å². The fourth-order valence-electron chi connectivity index (χ4n) is 8.71. The van der Waals surface area contributed by atoms with Crippen LogP contribution in [0.15, 0.2) is 23.3 Å². The van der Waals surface area contributed by atoms with Gasteiger partial charge in [0, 0.05) is 18.9 Å². The molecule has 4 nitrogen and oxygen atoms in total. The SMILES string of the molecule is COC(=O)/C(C)=C/C[C@@H](C)[C@H]1CCC2C3CC=C4C[C@@H](OC(C)=O)CC[C@]4(C)C3CC[C@@]21C. The Bertz CT molecular complexity index is 841. The van der Waals surface area contributed by atoms with Gasteiger partial charge < -0.3 is 9.47 Å². The maximum atomic E-state index is 11.8. The topological polar surface area (TPSA) is 52.6 Å². The van der Waals surface area contributed by atoms with E-state index in [0.29, 0.717) is 11.3 Å². The van der Waals surface area contributed by atoms with Crippen molar-refractivity contribution in [1.82, 2.24) is 0 Å². The summed E-state index contributed by atoms with van der Waals surface area (Å²) in [6.07, 6.45) is 15.3. The molecule has 0 aromatic carbocycles. The summed E-state index contributed by atoms with van der Waals surface area (Å²) in [6.45, 7) is 10.9. The normalized spacial score (nSPS) is 41.2. The number of ether oxygens (including phenoxy) is 2. The molecule has 0 amide bonds. The van der Waals surface area contributed by atoms with Crippen LogP contribution in [0.4, 0.5) is 0 Å². The van der Waals surface area contributed by atoms with E-state index in [1.165, 1.54) is 46.1 Å². The number of hydrogen-bond donors (Lipinski definition) is 0. The lowest BCUT2D eigenvalue weighted by Gasteiger charge is -2.58. The highest BCUT2D eigenvalue weighted by atomic mass is 16.5. The van der Waals surface area contributed by atoms with Crippen molar-refractivity contribution in [2.24, 2.45) is 40.4 Å². The van der Waals surface area contributed by atoms with Crippen LogP contribution in [0, 0.1) is 40.4 Å². The Kier molecular flexibility index (Phi) is 6.86.